The maximum absolute atomic E-state index is 5.97. The second-order valence-electron chi connectivity index (χ2n) is 3.59. The Morgan fingerprint density at radius 3 is 2.94 bits per heavy atom. The summed E-state index contributed by atoms with van der Waals surface area (Å²) >= 11 is 7.62. The van der Waals surface area contributed by atoms with Gasteiger partial charge < -0.3 is 5.32 Å². The number of halogens is 1. The number of hydrazine groups is 1. The van der Waals surface area contributed by atoms with Crippen molar-refractivity contribution in [2.45, 2.75) is 13.3 Å². The van der Waals surface area contributed by atoms with Gasteiger partial charge in [0.1, 0.15) is 5.02 Å². The van der Waals surface area contributed by atoms with Gasteiger partial charge in [-0.25, -0.2) is 15.8 Å². The standard InChI is InChI=1S/C10H13ClN6S/c1-6-5-18-8(15-6)2-3-13-9-7(11)4-14-10(16-9)17-12/h4-5H,2-3,12H2,1H3,(H2,13,14,16,17). The van der Waals surface area contributed by atoms with E-state index in [9.17, 15) is 0 Å². The molecule has 0 radical (unpaired) electrons. The average molecular weight is 285 g/mol. The predicted molar refractivity (Wildman–Crippen MR) is 73.9 cm³/mol. The first-order chi connectivity index (χ1) is 8.69. The molecule has 0 unspecified atom stereocenters. The van der Waals surface area contributed by atoms with Gasteiger partial charge in [-0.15, -0.1) is 11.3 Å². The van der Waals surface area contributed by atoms with Crippen molar-refractivity contribution < 1.29 is 0 Å². The van der Waals surface area contributed by atoms with Crippen LogP contribution in [0.15, 0.2) is 11.6 Å². The van der Waals surface area contributed by atoms with Crippen molar-refractivity contribution in [2.75, 3.05) is 17.3 Å². The van der Waals surface area contributed by atoms with Gasteiger partial charge in [0.05, 0.1) is 11.2 Å². The summed E-state index contributed by atoms with van der Waals surface area (Å²) < 4.78 is 0. The lowest BCUT2D eigenvalue weighted by atomic mass is 10.4. The van der Waals surface area contributed by atoms with E-state index in [1.54, 1.807) is 11.3 Å². The molecule has 0 aliphatic rings. The largest absolute Gasteiger partial charge is 0.368 e. The van der Waals surface area contributed by atoms with Crippen LogP contribution in [-0.4, -0.2) is 21.5 Å². The van der Waals surface area contributed by atoms with Crippen LogP contribution in [0.1, 0.15) is 10.7 Å². The fourth-order valence-electron chi connectivity index (χ4n) is 1.37. The van der Waals surface area contributed by atoms with E-state index in [4.69, 9.17) is 17.4 Å². The van der Waals surface area contributed by atoms with Crippen LogP contribution in [0.2, 0.25) is 5.02 Å². The molecule has 0 atom stereocenters. The molecule has 18 heavy (non-hydrogen) atoms. The van der Waals surface area contributed by atoms with E-state index in [-0.39, 0.29) is 0 Å². The number of hydrogen-bond donors (Lipinski definition) is 3. The summed E-state index contributed by atoms with van der Waals surface area (Å²) in [6, 6.07) is 0. The number of nitrogens with one attached hydrogen (secondary N) is 2. The third-order valence-corrected chi connectivity index (χ3v) is 3.47. The molecule has 0 amide bonds. The number of anilines is 2. The fourth-order valence-corrected chi connectivity index (χ4v) is 2.30. The van der Waals surface area contributed by atoms with Crippen LogP contribution in [0.4, 0.5) is 11.8 Å². The lowest BCUT2D eigenvalue weighted by Crippen LogP contribution is -2.13. The highest BCUT2D eigenvalue weighted by molar-refractivity contribution is 7.09. The second kappa shape index (κ2) is 5.94. The highest BCUT2D eigenvalue weighted by Gasteiger charge is 2.05. The van der Waals surface area contributed by atoms with E-state index in [0.717, 1.165) is 17.1 Å². The third kappa shape index (κ3) is 3.28. The topological polar surface area (TPSA) is 88.8 Å². The first kappa shape index (κ1) is 13.0. The minimum Gasteiger partial charge on any atom is -0.368 e. The minimum atomic E-state index is 0.326. The SMILES string of the molecule is Cc1csc(CCNc2nc(NN)ncc2Cl)n1. The highest BCUT2D eigenvalue weighted by Crippen LogP contribution is 2.19. The summed E-state index contributed by atoms with van der Waals surface area (Å²) in [6.45, 7) is 2.68. The Morgan fingerprint density at radius 1 is 1.44 bits per heavy atom. The zero-order chi connectivity index (χ0) is 13.0. The van der Waals surface area contributed by atoms with Crippen LogP contribution < -0.4 is 16.6 Å². The molecule has 0 saturated carbocycles. The molecule has 0 bridgehead atoms. The van der Waals surface area contributed by atoms with E-state index in [2.05, 4.69) is 25.7 Å². The van der Waals surface area contributed by atoms with E-state index >= 15 is 0 Å². The van der Waals surface area contributed by atoms with Gasteiger partial charge in [-0.05, 0) is 6.92 Å². The zero-order valence-electron chi connectivity index (χ0n) is 9.77. The summed E-state index contributed by atoms with van der Waals surface area (Å²) in [5, 5.41) is 6.71. The molecule has 0 fully saturated rings. The molecular formula is C10H13ClN6S. The van der Waals surface area contributed by atoms with Crippen molar-refractivity contribution in [3.63, 3.8) is 0 Å². The number of nitrogens with two attached hydrogens (primary N) is 1. The number of rotatable bonds is 5. The number of thiazole rings is 1. The number of nitrogen functional groups attached to an aromatic ring is 1. The lowest BCUT2D eigenvalue weighted by Gasteiger charge is -2.07. The molecule has 2 rings (SSSR count). The average Bonchev–Trinajstić information content (AvgIpc) is 2.77. The number of aromatic nitrogens is 3. The van der Waals surface area contributed by atoms with Crippen LogP contribution in [0.5, 0.6) is 0 Å². The molecule has 2 aromatic heterocycles. The van der Waals surface area contributed by atoms with Gasteiger partial charge in [-0.3, -0.25) is 5.43 Å². The molecule has 4 N–H and O–H groups in total. The maximum Gasteiger partial charge on any atom is 0.239 e. The van der Waals surface area contributed by atoms with Gasteiger partial charge >= 0.3 is 0 Å². The van der Waals surface area contributed by atoms with Crippen LogP contribution in [0, 0.1) is 6.92 Å². The molecule has 8 heteroatoms. The quantitative estimate of drug-likeness (QED) is 0.573. The summed E-state index contributed by atoms with van der Waals surface area (Å²) in [7, 11) is 0. The summed E-state index contributed by atoms with van der Waals surface area (Å²) in [4.78, 5) is 12.4. The van der Waals surface area contributed by atoms with Gasteiger partial charge in [0, 0.05) is 24.0 Å². The van der Waals surface area contributed by atoms with Crippen LogP contribution >= 0.6 is 22.9 Å². The molecule has 2 aromatic rings. The summed E-state index contributed by atoms with van der Waals surface area (Å²) in [6.07, 6.45) is 2.32. The fraction of sp³-hybridized carbons (Fsp3) is 0.300. The molecule has 0 aliphatic heterocycles. The highest BCUT2D eigenvalue weighted by atomic mass is 35.5. The van der Waals surface area contributed by atoms with Crippen molar-refractivity contribution in [1.82, 2.24) is 15.0 Å². The molecule has 0 spiro atoms. The van der Waals surface area contributed by atoms with Gasteiger partial charge in [0.25, 0.3) is 0 Å². The van der Waals surface area contributed by atoms with Gasteiger partial charge in [0.2, 0.25) is 5.95 Å². The van der Waals surface area contributed by atoms with Gasteiger partial charge in [0.15, 0.2) is 5.82 Å². The van der Waals surface area contributed by atoms with Crippen molar-refractivity contribution in [3.05, 3.63) is 27.3 Å². The van der Waals surface area contributed by atoms with Crippen LogP contribution in [0.25, 0.3) is 0 Å². The Balaban J connectivity index is 1.93. The Bertz CT molecular complexity index is 529. The van der Waals surface area contributed by atoms with Crippen molar-refractivity contribution >= 4 is 34.7 Å². The zero-order valence-corrected chi connectivity index (χ0v) is 11.3. The normalized spacial score (nSPS) is 10.4. The summed E-state index contributed by atoms with van der Waals surface area (Å²) in [5.74, 6) is 6.13. The number of hydrogen-bond acceptors (Lipinski definition) is 7. The molecule has 0 saturated heterocycles. The molecule has 0 aromatic carbocycles. The third-order valence-electron chi connectivity index (χ3n) is 2.17. The van der Waals surface area contributed by atoms with Gasteiger partial charge in [-0.2, -0.15) is 4.98 Å². The summed E-state index contributed by atoms with van der Waals surface area (Å²) in [5.41, 5.74) is 3.42. The van der Waals surface area contributed by atoms with Crippen molar-refractivity contribution in [1.29, 1.82) is 0 Å². The molecule has 6 nitrogen and oxygen atoms in total. The van der Waals surface area contributed by atoms with E-state index in [0.29, 0.717) is 23.3 Å². The molecule has 96 valence electrons. The Kier molecular flexibility index (Phi) is 4.29. The smallest absolute Gasteiger partial charge is 0.239 e. The Hall–Kier alpha value is -1.44. The van der Waals surface area contributed by atoms with E-state index < -0.39 is 0 Å². The molecule has 2 heterocycles. The van der Waals surface area contributed by atoms with E-state index in [1.807, 2.05) is 12.3 Å². The molecular weight excluding hydrogens is 272 g/mol. The Morgan fingerprint density at radius 2 is 2.28 bits per heavy atom. The van der Waals surface area contributed by atoms with Crippen LogP contribution in [0.3, 0.4) is 0 Å². The minimum absolute atomic E-state index is 0.326. The maximum atomic E-state index is 5.97. The Labute approximate surface area is 114 Å². The lowest BCUT2D eigenvalue weighted by molar-refractivity contribution is 0.972. The molecule has 0 aliphatic carbocycles. The first-order valence-electron chi connectivity index (χ1n) is 5.33. The van der Waals surface area contributed by atoms with Crippen LogP contribution in [-0.2, 0) is 6.42 Å². The van der Waals surface area contributed by atoms with Crippen molar-refractivity contribution in [3.8, 4) is 0 Å². The van der Waals surface area contributed by atoms with Gasteiger partial charge in [-0.1, -0.05) is 11.6 Å². The number of aryl methyl sites for hydroxylation is 1. The van der Waals surface area contributed by atoms with Crippen molar-refractivity contribution in [2.24, 2.45) is 5.84 Å². The monoisotopic (exact) mass is 284 g/mol. The number of nitrogens with zero attached hydrogens (tertiary/aromatic N) is 3. The first-order valence-corrected chi connectivity index (χ1v) is 6.59. The predicted octanol–water partition coefficient (Wildman–Crippen LogP) is 1.84. The van der Waals surface area contributed by atoms with E-state index in [1.165, 1.54) is 6.20 Å². The second-order valence-corrected chi connectivity index (χ2v) is 4.94.